The zero-order valence-electron chi connectivity index (χ0n) is 13.1. The Balaban J connectivity index is 2.05. The molecule has 0 unspecified atom stereocenters. The SMILES string of the molecule is CCc1nc(Cl)c(N)c(Oc2cc(C)nn2-c2cccc(F)c2)n1. The molecule has 8 heteroatoms. The number of anilines is 1. The van der Waals surface area contributed by atoms with Gasteiger partial charge in [0.05, 0.1) is 11.4 Å². The van der Waals surface area contributed by atoms with Crippen LogP contribution in [-0.2, 0) is 6.42 Å². The molecule has 124 valence electrons. The molecule has 0 radical (unpaired) electrons. The van der Waals surface area contributed by atoms with Crippen molar-refractivity contribution in [1.29, 1.82) is 0 Å². The summed E-state index contributed by atoms with van der Waals surface area (Å²) in [4.78, 5) is 8.32. The monoisotopic (exact) mass is 347 g/mol. The van der Waals surface area contributed by atoms with E-state index in [0.717, 1.165) is 0 Å². The number of rotatable bonds is 4. The number of nitrogen functional groups attached to an aromatic ring is 1. The molecule has 0 atom stereocenters. The standard InChI is InChI=1S/C16H15ClFN5O/c1-3-12-20-15(17)14(19)16(21-12)24-13-7-9(2)22-23(13)11-6-4-5-10(18)8-11/h4-8H,3,19H2,1-2H3. The molecule has 24 heavy (non-hydrogen) atoms. The maximum Gasteiger partial charge on any atom is 0.249 e. The Labute approximate surface area is 143 Å². The summed E-state index contributed by atoms with van der Waals surface area (Å²) in [5.74, 6) is 0.633. The zero-order valence-corrected chi connectivity index (χ0v) is 13.9. The number of aromatic nitrogens is 4. The number of aryl methyl sites for hydroxylation is 2. The van der Waals surface area contributed by atoms with Crippen molar-refractivity contribution in [2.75, 3.05) is 5.73 Å². The number of hydrogen-bond acceptors (Lipinski definition) is 5. The van der Waals surface area contributed by atoms with Crippen molar-refractivity contribution in [3.8, 4) is 17.4 Å². The van der Waals surface area contributed by atoms with Gasteiger partial charge in [0, 0.05) is 12.5 Å². The number of nitrogens with two attached hydrogens (primary N) is 1. The highest BCUT2D eigenvalue weighted by molar-refractivity contribution is 6.32. The van der Waals surface area contributed by atoms with Crippen molar-refractivity contribution in [3.63, 3.8) is 0 Å². The molecule has 3 aromatic rings. The number of benzene rings is 1. The molecule has 0 aliphatic rings. The van der Waals surface area contributed by atoms with E-state index in [1.165, 1.54) is 16.8 Å². The molecule has 0 bridgehead atoms. The van der Waals surface area contributed by atoms with E-state index in [-0.39, 0.29) is 22.5 Å². The predicted molar refractivity (Wildman–Crippen MR) is 89.2 cm³/mol. The van der Waals surface area contributed by atoms with Crippen LogP contribution >= 0.6 is 11.6 Å². The summed E-state index contributed by atoms with van der Waals surface area (Å²) >= 11 is 6.02. The van der Waals surface area contributed by atoms with Gasteiger partial charge in [-0.15, -0.1) is 0 Å². The molecule has 2 heterocycles. The third-order valence-electron chi connectivity index (χ3n) is 3.28. The Morgan fingerprint density at radius 2 is 2.08 bits per heavy atom. The lowest BCUT2D eigenvalue weighted by atomic mass is 10.3. The largest absolute Gasteiger partial charge is 0.418 e. The fraction of sp³-hybridized carbons (Fsp3) is 0.188. The van der Waals surface area contributed by atoms with Gasteiger partial charge in [0.25, 0.3) is 0 Å². The van der Waals surface area contributed by atoms with Gasteiger partial charge in [0.15, 0.2) is 5.15 Å². The maximum atomic E-state index is 13.5. The van der Waals surface area contributed by atoms with Crippen LogP contribution in [0, 0.1) is 12.7 Å². The molecule has 3 rings (SSSR count). The molecule has 0 spiro atoms. The Morgan fingerprint density at radius 3 is 2.79 bits per heavy atom. The Kier molecular flexibility index (Phi) is 4.35. The van der Waals surface area contributed by atoms with Gasteiger partial charge >= 0.3 is 0 Å². The summed E-state index contributed by atoms with van der Waals surface area (Å²) in [6.07, 6.45) is 0.582. The smallest absolute Gasteiger partial charge is 0.249 e. The molecule has 2 aromatic heterocycles. The van der Waals surface area contributed by atoms with Gasteiger partial charge in [-0.3, -0.25) is 0 Å². The predicted octanol–water partition coefficient (Wildman–Crippen LogP) is 3.70. The molecular weight excluding hydrogens is 333 g/mol. The van der Waals surface area contributed by atoms with E-state index < -0.39 is 0 Å². The second-order valence-electron chi connectivity index (χ2n) is 5.12. The quantitative estimate of drug-likeness (QED) is 0.728. The number of hydrogen-bond donors (Lipinski definition) is 1. The molecule has 0 aliphatic heterocycles. The first-order valence-electron chi connectivity index (χ1n) is 7.30. The summed E-state index contributed by atoms with van der Waals surface area (Å²) in [5.41, 5.74) is 7.26. The number of nitrogens with zero attached hydrogens (tertiary/aromatic N) is 4. The van der Waals surface area contributed by atoms with Crippen LogP contribution in [0.15, 0.2) is 30.3 Å². The normalized spacial score (nSPS) is 10.8. The first kappa shape index (κ1) is 16.2. The van der Waals surface area contributed by atoms with Crippen molar-refractivity contribution in [2.45, 2.75) is 20.3 Å². The van der Waals surface area contributed by atoms with Crippen LogP contribution in [-0.4, -0.2) is 19.7 Å². The Morgan fingerprint density at radius 1 is 1.29 bits per heavy atom. The van der Waals surface area contributed by atoms with Crippen LogP contribution in [0.25, 0.3) is 5.69 Å². The highest BCUT2D eigenvalue weighted by Gasteiger charge is 2.16. The van der Waals surface area contributed by atoms with E-state index in [4.69, 9.17) is 22.1 Å². The molecule has 0 amide bonds. The van der Waals surface area contributed by atoms with Gasteiger partial charge in [0.1, 0.15) is 17.3 Å². The molecular formula is C16H15ClFN5O. The Bertz CT molecular complexity index is 896. The highest BCUT2D eigenvalue weighted by atomic mass is 35.5. The summed E-state index contributed by atoms with van der Waals surface area (Å²) in [5, 5.41) is 4.45. The highest BCUT2D eigenvalue weighted by Crippen LogP contribution is 2.31. The maximum absolute atomic E-state index is 13.5. The molecule has 6 nitrogen and oxygen atoms in total. The van der Waals surface area contributed by atoms with Crippen molar-refractivity contribution in [2.24, 2.45) is 0 Å². The van der Waals surface area contributed by atoms with Crippen molar-refractivity contribution < 1.29 is 9.13 Å². The van der Waals surface area contributed by atoms with E-state index in [0.29, 0.717) is 29.5 Å². The van der Waals surface area contributed by atoms with Crippen LogP contribution < -0.4 is 10.5 Å². The summed E-state index contributed by atoms with van der Waals surface area (Å²) < 4.78 is 20.8. The molecule has 0 saturated carbocycles. The Hall–Kier alpha value is -2.67. The minimum Gasteiger partial charge on any atom is -0.418 e. The van der Waals surface area contributed by atoms with Gasteiger partial charge in [-0.2, -0.15) is 10.1 Å². The minimum atomic E-state index is -0.371. The van der Waals surface area contributed by atoms with Gasteiger partial charge in [-0.25, -0.2) is 14.1 Å². The van der Waals surface area contributed by atoms with E-state index in [2.05, 4.69) is 15.1 Å². The second kappa shape index (κ2) is 6.45. The lowest BCUT2D eigenvalue weighted by molar-refractivity contribution is 0.427. The number of ether oxygens (including phenoxy) is 1. The van der Waals surface area contributed by atoms with Gasteiger partial charge in [-0.1, -0.05) is 24.6 Å². The lowest BCUT2D eigenvalue weighted by Crippen LogP contribution is -2.05. The molecule has 0 saturated heterocycles. The van der Waals surface area contributed by atoms with Crippen LogP contribution in [0.2, 0.25) is 5.15 Å². The minimum absolute atomic E-state index is 0.130. The van der Waals surface area contributed by atoms with Gasteiger partial charge in [0.2, 0.25) is 11.8 Å². The lowest BCUT2D eigenvalue weighted by Gasteiger charge is -2.11. The third-order valence-corrected chi connectivity index (χ3v) is 3.57. The van der Waals surface area contributed by atoms with Gasteiger partial charge in [-0.05, 0) is 25.1 Å². The summed E-state index contributed by atoms with van der Waals surface area (Å²) in [7, 11) is 0. The number of halogens is 2. The molecule has 0 aliphatic carbocycles. The molecule has 2 N–H and O–H groups in total. The van der Waals surface area contributed by atoms with Gasteiger partial charge < -0.3 is 10.5 Å². The first-order valence-corrected chi connectivity index (χ1v) is 7.68. The fourth-order valence-electron chi connectivity index (χ4n) is 2.14. The zero-order chi connectivity index (χ0) is 17.3. The summed E-state index contributed by atoms with van der Waals surface area (Å²) in [6, 6.07) is 7.72. The van der Waals surface area contributed by atoms with Crippen molar-refractivity contribution >= 4 is 17.3 Å². The van der Waals surface area contributed by atoms with E-state index in [1.807, 2.05) is 6.92 Å². The van der Waals surface area contributed by atoms with Crippen LogP contribution in [0.3, 0.4) is 0 Å². The van der Waals surface area contributed by atoms with Crippen LogP contribution in [0.1, 0.15) is 18.4 Å². The van der Waals surface area contributed by atoms with E-state index in [9.17, 15) is 4.39 Å². The summed E-state index contributed by atoms with van der Waals surface area (Å²) in [6.45, 7) is 3.70. The van der Waals surface area contributed by atoms with Crippen molar-refractivity contribution in [1.82, 2.24) is 19.7 Å². The topological polar surface area (TPSA) is 78.9 Å². The second-order valence-corrected chi connectivity index (χ2v) is 5.48. The van der Waals surface area contributed by atoms with E-state index >= 15 is 0 Å². The van der Waals surface area contributed by atoms with Crippen LogP contribution in [0.4, 0.5) is 10.1 Å². The molecule has 1 aromatic carbocycles. The van der Waals surface area contributed by atoms with Crippen molar-refractivity contribution in [3.05, 3.63) is 52.8 Å². The first-order chi connectivity index (χ1) is 11.5. The van der Waals surface area contributed by atoms with Crippen LogP contribution in [0.5, 0.6) is 11.8 Å². The average Bonchev–Trinajstić information content (AvgIpc) is 2.92. The average molecular weight is 348 g/mol. The fourth-order valence-corrected chi connectivity index (χ4v) is 2.32. The third kappa shape index (κ3) is 3.16. The van der Waals surface area contributed by atoms with E-state index in [1.54, 1.807) is 25.1 Å². The molecule has 0 fully saturated rings.